The Morgan fingerprint density at radius 2 is 1.64 bits per heavy atom. The molecule has 1 N–H and O–H groups in total. The maximum absolute atomic E-state index is 5.41. The lowest BCUT2D eigenvalue weighted by atomic mass is 10.2. The van der Waals surface area contributed by atoms with E-state index in [1.807, 2.05) is 13.0 Å². The third-order valence-electron chi connectivity index (χ3n) is 5.36. The summed E-state index contributed by atoms with van der Waals surface area (Å²) in [6, 6.07) is 12.6. The molecule has 0 amide bonds. The van der Waals surface area contributed by atoms with E-state index >= 15 is 0 Å². The standard InChI is InChI=1S/C21H30N6O/c1-18-17-20(22-7-8-25-13-15-28-16-14-25)24-21(23-18)27-11-9-26(10-12-27)19-5-3-2-4-6-19/h2-6,17H,7-16H2,1H3,(H,22,23,24). The van der Waals surface area contributed by atoms with Crippen molar-refractivity contribution in [1.82, 2.24) is 14.9 Å². The number of anilines is 3. The highest BCUT2D eigenvalue weighted by Crippen LogP contribution is 2.19. The van der Waals surface area contributed by atoms with Gasteiger partial charge in [0.1, 0.15) is 5.82 Å². The number of nitrogens with one attached hydrogen (secondary N) is 1. The van der Waals surface area contributed by atoms with Crippen molar-refractivity contribution < 1.29 is 4.74 Å². The average molecular weight is 383 g/mol. The molecule has 0 unspecified atom stereocenters. The number of benzene rings is 1. The molecule has 0 radical (unpaired) electrons. The van der Waals surface area contributed by atoms with E-state index in [1.165, 1.54) is 5.69 Å². The van der Waals surface area contributed by atoms with Gasteiger partial charge in [0.05, 0.1) is 13.2 Å². The fourth-order valence-corrected chi connectivity index (χ4v) is 3.76. The molecule has 0 aliphatic carbocycles. The second-order valence-electron chi connectivity index (χ2n) is 7.39. The number of aromatic nitrogens is 2. The summed E-state index contributed by atoms with van der Waals surface area (Å²) in [5.74, 6) is 1.75. The van der Waals surface area contributed by atoms with Crippen molar-refractivity contribution in [3.05, 3.63) is 42.1 Å². The minimum Gasteiger partial charge on any atom is -0.379 e. The molecule has 0 spiro atoms. The first-order chi connectivity index (χ1) is 13.8. The third-order valence-corrected chi connectivity index (χ3v) is 5.36. The Kier molecular flexibility index (Phi) is 6.24. The molecular weight excluding hydrogens is 352 g/mol. The number of hydrogen-bond acceptors (Lipinski definition) is 7. The minimum absolute atomic E-state index is 0.835. The summed E-state index contributed by atoms with van der Waals surface area (Å²) in [4.78, 5) is 16.6. The Bertz CT molecular complexity index is 742. The molecule has 150 valence electrons. The second-order valence-corrected chi connectivity index (χ2v) is 7.39. The molecule has 1 aromatic carbocycles. The van der Waals surface area contributed by atoms with Crippen LogP contribution in [0.2, 0.25) is 0 Å². The van der Waals surface area contributed by atoms with Crippen molar-refractivity contribution in [3.63, 3.8) is 0 Å². The molecule has 2 fully saturated rings. The highest BCUT2D eigenvalue weighted by Gasteiger charge is 2.20. The van der Waals surface area contributed by atoms with Gasteiger partial charge in [-0.25, -0.2) is 4.98 Å². The molecule has 7 heteroatoms. The third kappa shape index (κ3) is 4.91. The predicted octanol–water partition coefficient (Wildman–Crippen LogP) is 1.86. The maximum Gasteiger partial charge on any atom is 0.227 e. The van der Waals surface area contributed by atoms with Crippen LogP contribution in [0, 0.1) is 6.92 Å². The Hall–Kier alpha value is -2.38. The van der Waals surface area contributed by atoms with E-state index < -0.39 is 0 Å². The highest BCUT2D eigenvalue weighted by atomic mass is 16.5. The molecule has 0 bridgehead atoms. The van der Waals surface area contributed by atoms with E-state index in [-0.39, 0.29) is 0 Å². The van der Waals surface area contributed by atoms with E-state index in [1.54, 1.807) is 0 Å². The average Bonchev–Trinajstić information content (AvgIpc) is 2.75. The van der Waals surface area contributed by atoms with Crippen LogP contribution in [0.4, 0.5) is 17.5 Å². The first kappa shape index (κ1) is 19.0. The van der Waals surface area contributed by atoms with E-state index in [2.05, 4.69) is 55.3 Å². The molecule has 2 saturated heterocycles. The Balaban J connectivity index is 1.32. The summed E-state index contributed by atoms with van der Waals surface area (Å²) < 4.78 is 5.41. The Labute approximate surface area is 167 Å². The van der Waals surface area contributed by atoms with Crippen molar-refractivity contribution in [3.8, 4) is 0 Å². The van der Waals surface area contributed by atoms with Gasteiger partial charge in [0.15, 0.2) is 0 Å². The number of ether oxygens (including phenoxy) is 1. The zero-order valence-corrected chi connectivity index (χ0v) is 16.7. The first-order valence-electron chi connectivity index (χ1n) is 10.2. The molecule has 0 atom stereocenters. The number of morpholine rings is 1. The minimum atomic E-state index is 0.835. The quantitative estimate of drug-likeness (QED) is 0.818. The summed E-state index contributed by atoms with van der Waals surface area (Å²) in [5.41, 5.74) is 2.29. The van der Waals surface area contributed by atoms with Gasteiger partial charge >= 0.3 is 0 Å². The molecule has 1 aromatic heterocycles. The summed E-state index contributed by atoms with van der Waals surface area (Å²) in [7, 11) is 0. The number of piperazine rings is 1. The fourth-order valence-electron chi connectivity index (χ4n) is 3.76. The SMILES string of the molecule is Cc1cc(NCCN2CCOCC2)nc(N2CCN(c3ccccc3)CC2)n1. The lowest BCUT2D eigenvalue weighted by molar-refractivity contribution is 0.0398. The maximum atomic E-state index is 5.41. The highest BCUT2D eigenvalue weighted by molar-refractivity contribution is 5.49. The van der Waals surface area contributed by atoms with Gasteiger partial charge in [-0.15, -0.1) is 0 Å². The number of rotatable bonds is 6. The lowest BCUT2D eigenvalue weighted by Gasteiger charge is -2.36. The van der Waals surface area contributed by atoms with Gasteiger partial charge in [-0.1, -0.05) is 18.2 Å². The zero-order valence-electron chi connectivity index (χ0n) is 16.7. The van der Waals surface area contributed by atoms with Crippen LogP contribution in [-0.4, -0.2) is 80.4 Å². The van der Waals surface area contributed by atoms with Crippen LogP contribution in [0.15, 0.2) is 36.4 Å². The molecule has 7 nitrogen and oxygen atoms in total. The monoisotopic (exact) mass is 382 g/mol. The summed E-state index contributed by atoms with van der Waals surface area (Å²) in [5, 5.41) is 3.48. The molecule has 4 rings (SSSR count). The van der Waals surface area contributed by atoms with Gasteiger partial charge < -0.3 is 19.9 Å². The molecule has 2 aliphatic heterocycles. The molecule has 0 saturated carbocycles. The van der Waals surface area contributed by atoms with Crippen LogP contribution in [-0.2, 0) is 4.74 Å². The number of para-hydroxylation sites is 1. The number of aryl methyl sites for hydroxylation is 1. The van der Waals surface area contributed by atoms with Gasteiger partial charge in [0, 0.05) is 69.8 Å². The molecule has 28 heavy (non-hydrogen) atoms. The lowest BCUT2D eigenvalue weighted by Crippen LogP contribution is -2.47. The van der Waals surface area contributed by atoms with Gasteiger partial charge in [0.25, 0.3) is 0 Å². The van der Waals surface area contributed by atoms with Crippen molar-refractivity contribution >= 4 is 17.5 Å². The summed E-state index contributed by atoms with van der Waals surface area (Å²) in [6.07, 6.45) is 0. The van der Waals surface area contributed by atoms with Gasteiger partial charge in [0.2, 0.25) is 5.95 Å². The smallest absolute Gasteiger partial charge is 0.227 e. The van der Waals surface area contributed by atoms with Crippen LogP contribution in [0.1, 0.15) is 5.69 Å². The fraction of sp³-hybridized carbons (Fsp3) is 0.524. The van der Waals surface area contributed by atoms with Gasteiger partial charge in [-0.05, 0) is 19.1 Å². The zero-order chi connectivity index (χ0) is 19.2. The van der Waals surface area contributed by atoms with E-state index in [0.717, 1.165) is 83.0 Å². The predicted molar refractivity (Wildman–Crippen MR) is 113 cm³/mol. The van der Waals surface area contributed by atoms with Crippen LogP contribution in [0.3, 0.4) is 0 Å². The Morgan fingerprint density at radius 3 is 2.39 bits per heavy atom. The summed E-state index contributed by atoms with van der Waals surface area (Å²) in [6.45, 7) is 11.5. The molecular formula is C21H30N6O. The van der Waals surface area contributed by atoms with Crippen LogP contribution < -0.4 is 15.1 Å². The van der Waals surface area contributed by atoms with Crippen molar-refractivity contribution in [1.29, 1.82) is 0 Å². The Morgan fingerprint density at radius 1 is 0.929 bits per heavy atom. The number of nitrogens with zero attached hydrogens (tertiary/aromatic N) is 5. The largest absolute Gasteiger partial charge is 0.379 e. The molecule has 3 heterocycles. The second kappa shape index (κ2) is 9.21. The molecule has 2 aliphatic rings. The van der Waals surface area contributed by atoms with Gasteiger partial charge in [-0.3, -0.25) is 4.90 Å². The molecule has 2 aromatic rings. The van der Waals surface area contributed by atoms with E-state index in [9.17, 15) is 0 Å². The van der Waals surface area contributed by atoms with Crippen molar-refractivity contribution in [2.24, 2.45) is 0 Å². The van der Waals surface area contributed by atoms with Crippen molar-refractivity contribution in [2.45, 2.75) is 6.92 Å². The van der Waals surface area contributed by atoms with E-state index in [4.69, 9.17) is 9.72 Å². The van der Waals surface area contributed by atoms with Crippen molar-refractivity contribution in [2.75, 3.05) is 80.7 Å². The summed E-state index contributed by atoms with van der Waals surface area (Å²) >= 11 is 0. The van der Waals surface area contributed by atoms with Crippen LogP contribution >= 0.6 is 0 Å². The first-order valence-corrected chi connectivity index (χ1v) is 10.2. The normalized spacial score (nSPS) is 18.3. The van der Waals surface area contributed by atoms with E-state index in [0.29, 0.717) is 0 Å². The number of hydrogen-bond donors (Lipinski definition) is 1. The van der Waals surface area contributed by atoms with Crippen LogP contribution in [0.25, 0.3) is 0 Å². The van der Waals surface area contributed by atoms with Gasteiger partial charge in [-0.2, -0.15) is 4.98 Å². The topological polar surface area (TPSA) is 56.8 Å². The van der Waals surface area contributed by atoms with Crippen LogP contribution in [0.5, 0.6) is 0 Å².